The van der Waals surface area contributed by atoms with Crippen LogP contribution in [0.15, 0.2) is 0 Å². The van der Waals surface area contributed by atoms with Crippen molar-refractivity contribution in [2.75, 3.05) is 66.1 Å². The Labute approximate surface area is 226 Å². The van der Waals surface area contributed by atoms with Crippen LogP contribution >= 0.6 is 0 Å². The molecule has 2 rings (SSSR count). The minimum Gasteiger partial charge on any atom is -0.374 e. The second-order valence-electron chi connectivity index (χ2n) is 9.35. The van der Waals surface area contributed by atoms with Gasteiger partial charge in [0.2, 0.25) is 0 Å². The zero-order valence-electron chi connectivity index (χ0n) is 24.1. The van der Waals surface area contributed by atoms with Crippen LogP contribution in [0.4, 0.5) is 0 Å². The number of hydrogen-bond acceptors (Lipinski definition) is 10. The van der Waals surface area contributed by atoms with Gasteiger partial charge in [-0.25, -0.2) is 0 Å². The predicted molar refractivity (Wildman–Crippen MR) is 143 cm³/mol. The summed E-state index contributed by atoms with van der Waals surface area (Å²) in [5, 5.41) is 0. The van der Waals surface area contributed by atoms with Crippen LogP contribution in [0.3, 0.4) is 0 Å². The van der Waals surface area contributed by atoms with Gasteiger partial charge in [-0.15, -0.1) is 0 Å². The topological polar surface area (TPSA) is 92.3 Å². The van der Waals surface area contributed by atoms with Crippen LogP contribution in [0.5, 0.6) is 0 Å². The molecule has 0 aromatic rings. The molecule has 2 heterocycles. The fourth-order valence-corrected chi connectivity index (χ4v) is 10.0. The van der Waals surface area contributed by atoms with Crippen molar-refractivity contribution >= 4 is 17.6 Å². The summed E-state index contributed by atoms with van der Waals surface area (Å²) in [6.45, 7) is 17.6. The third kappa shape index (κ3) is 10.8. The highest BCUT2D eigenvalue weighted by atomic mass is 28.4. The van der Waals surface area contributed by atoms with Crippen LogP contribution in [-0.2, 0) is 45.5 Å². The molecule has 0 aromatic heterocycles. The summed E-state index contributed by atoms with van der Waals surface area (Å²) >= 11 is 0. The predicted octanol–water partition coefficient (Wildman–Crippen LogP) is 4.38. The summed E-state index contributed by atoms with van der Waals surface area (Å²) in [5.74, 6) is 0. The fourth-order valence-electron chi connectivity index (χ4n) is 4.73. The summed E-state index contributed by atoms with van der Waals surface area (Å²) in [6.07, 6.45) is 2.77. The van der Waals surface area contributed by atoms with Gasteiger partial charge in [-0.1, -0.05) is 0 Å². The van der Waals surface area contributed by atoms with Gasteiger partial charge in [-0.05, 0) is 67.2 Å². The Balaban J connectivity index is 1.71. The van der Waals surface area contributed by atoms with Crippen molar-refractivity contribution in [1.29, 1.82) is 0 Å². The van der Waals surface area contributed by atoms with Gasteiger partial charge in [0.25, 0.3) is 0 Å². The van der Waals surface area contributed by atoms with Gasteiger partial charge < -0.3 is 45.5 Å². The van der Waals surface area contributed by atoms with E-state index in [1.54, 1.807) is 0 Å². The summed E-state index contributed by atoms with van der Waals surface area (Å²) in [4.78, 5) is 0. The molecule has 12 heteroatoms. The van der Waals surface area contributed by atoms with Crippen LogP contribution in [0.1, 0.15) is 67.2 Å². The lowest BCUT2D eigenvalue weighted by Gasteiger charge is -2.44. The first kappa shape index (κ1) is 33.2. The van der Waals surface area contributed by atoms with Crippen LogP contribution in [0, 0.1) is 5.41 Å². The molecule has 37 heavy (non-hydrogen) atoms. The van der Waals surface area contributed by atoms with E-state index in [1.807, 2.05) is 41.5 Å². The van der Waals surface area contributed by atoms with Gasteiger partial charge in [0.1, 0.15) is 0 Å². The summed E-state index contributed by atoms with van der Waals surface area (Å²) in [6, 6.07) is 1.51. The Kier molecular flexibility index (Phi) is 15.9. The Bertz CT molecular complexity index is 496. The molecular formula is C25H52O10Si2. The maximum atomic E-state index is 6.07. The maximum absolute atomic E-state index is 6.07. The van der Waals surface area contributed by atoms with Crippen molar-refractivity contribution in [2.45, 2.75) is 91.9 Å². The summed E-state index contributed by atoms with van der Waals surface area (Å²) in [7, 11) is -5.27. The van der Waals surface area contributed by atoms with Crippen LogP contribution in [0.25, 0.3) is 0 Å². The minimum atomic E-state index is -2.64. The standard InChI is InChI=1S/C25H52O10Si2/c1-7-30-36(31-8-2,32-9-3)17-13-15-23-26-19-25(20-27-23)21-28-24(29-22-25)16-14-18-37(33-10-4,34-11-5)35-12-6/h23-24H,7-22H2,1-6H3. The molecule has 2 aliphatic rings. The van der Waals surface area contributed by atoms with Crippen LogP contribution in [0.2, 0.25) is 12.1 Å². The van der Waals surface area contributed by atoms with E-state index in [0.717, 1.165) is 37.8 Å². The van der Waals surface area contributed by atoms with Gasteiger partial charge in [0.15, 0.2) is 12.6 Å². The Morgan fingerprint density at radius 3 is 1.03 bits per heavy atom. The van der Waals surface area contributed by atoms with Gasteiger partial charge in [0.05, 0.1) is 31.8 Å². The molecule has 0 saturated carbocycles. The maximum Gasteiger partial charge on any atom is 0.500 e. The molecule has 2 fully saturated rings. The molecule has 0 unspecified atom stereocenters. The highest BCUT2D eigenvalue weighted by Gasteiger charge is 2.44. The molecule has 2 saturated heterocycles. The highest BCUT2D eigenvalue weighted by Crippen LogP contribution is 2.33. The Hall–Kier alpha value is 0.0338. The number of hydrogen-bond donors (Lipinski definition) is 0. The average molecular weight is 569 g/mol. The molecule has 0 aromatic carbocycles. The first-order chi connectivity index (χ1) is 17.9. The molecule has 0 N–H and O–H groups in total. The zero-order chi connectivity index (χ0) is 27.0. The molecular weight excluding hydrogens is 516 g/mol. The quantitative estimate of drug-likeness (QED) is 0.197. The number of rotatable bonds is 20. The van der Waals surface area contributed by atoms with E-state index in [4.69, 9.17) is 45.5 Å². The highest BCUT2D eigenvalue weighted by molar-refractivity contribution is 6.61. The SMILES string of the molecule is CCO[Si](CCCC1OCC2(CO1)COC(CCC[Si](OCC)(OCC)OCC)OC2)(OCC)OCC. The van der Waals surface area contributed by atoms with E-state index >= 15 is 0 Å². The molecule has 0 bridgehead atoms. The lowest BCUT2D eigenvalue weighted by atomic mass is 9.90. The second kappa shape index (κ2) is 17.7. The smallest absolute Gasteiger partial charge is 0.374 e. The van der Waals surface area contributed by atoms with Crippen molar-refractivity contribution in [3.8, 4) is 0 Å². The Morgan fingerprint density at radius 2 is 0.784 bits per heavy atom. The third-order valence-corrected chi connectivity index (χ3v) is 12.6. The summed E-state index contributed by atoms with van der Waals surface area (Å²) in [5.41, 5.74) is -0.256. The average Bonchev–Trinajstić information content (AvgIpc) is 2.88. The molecule has 10 nitrogen and oxygen atoms in total. The van der Waals surface area contributed by atoms with E-state index in [0.29, 0.717) is 66.1 Å². The van der Waals surface area contributed by atoms with E-state index in [-0.39, 0.29) is 18.0 Å². The minimum absolute atomic E-state index is 0.242. The molecule has 0 atom stereocenters. The van der Waals surface area contributed by atoms with Crippen molar-refractivity contribution in [2.24, 2.45) is 5.41 Å². The lowest BCUT2D eigenvalue weighted by molar-refractivity contribution is -0.304. The molecule has 1 spiro atoms. The van der Waals surface area contributed by atoms with Crippen molar-refractivity contribution in [3.05, 3.63) is 0 Å². The second-order valence-corrected chi connectivity index (χ2v) is 14.8. The monoisotopic (exact) mass is 568 g/mol. The first-order valence-corrected chi connectivity index (χ1v) is 18.1. The van der Waals surface area contributed by atoms with E-state index in [9.17, 15) is 0 Å². The van der Waals surface area contributed by atoms with Gasteiger partial charge in [-0.2, -0.15) is 0 Å². The lowest BCUT2D eigenvalue weighted by Crippen LogP contribution is -2.52. The van der Waals surface area contributed by atoms with E-state index in [1.165, 1.54) is 0 Å². The zero-order valence-corrected chi connectivity index (χ0v) is 26.1. The normalized spacial score (nSPS) is 25.1. The Morgan fingerprint density at radius 1 is 0.514 bits per heavy atom. The van der Waals surface area contributed by atoms with Gasteiger partial charge in [-0.3, -0.25) is 0 Å². The van der Waals surface area contributed by atoms with Crippen molar-refractivity contribution in [1.82, 2.24) is 0 Å². The van der Waals surface area contributed by atoms with Gasteiger partial charge in [0, 0.05) is 51.7 Å². The number of ether oxygens (including phenoxy) is 4. The molecule has 2 aliphatic heterocycles. The van der Waals surface area contributed by atoms with Crippen molar-refractivity contribution < 1.29 is 45.5 Å². The van der Waals surface area contributed by atoms with Crippen molar-refractivity contribution in [3.63, 3.8) is 0 Å². The molecule has 0 radical (unpaired) electrons. The molecule has 220 valence electrons. The van der Waals surface area contributed by atoms with Crippen LogP contribution in [-0.4, -0.2) is 96.3 Å². The summed E-state index contributed by atoms with van der Waals surface area (Å²) < 4.78 is 60.0. The first-order valence-electron chi connectivity index (χ1n) is 14.2. The van der Waals surface area contributed by atoms with Gasteiger partial charge >= 0.3 is 17.6 Å². The molecule has 0 amide bonds. The van der Waals surface area contributed by atoms with Crippen LogP contribution < -0.4 is 0 Å². The third-order valence-electron chi connectivity index (χ3n) is 6.33. The fraction of sp³-hybridized carbons (Fsp3) is 1.00. The molecule has 0 aliphatic carbocycles. The van der Waals surface area contributed by atoms with E-state index in [2.05, 4.69) is 0 Å². The largest absolute Gasteiger partial charge is 0.500 e. The van der Waals surface area contributed by atoms with E-state index < -0.39 is 17.6 Å².